The molecule has 2 N–H and O–H groups in total. The van der Waals surface area contributed by atoms with Gasteiger partial charge >= 0.3 is 0 Å². The predicted molar refractivity (Wildman–Crippen MR) is 67.1 cm³/mol. The van der Waals surface area contributed by atoms with E-state index in [-0.39, 0.29) is 0 Å². The summed E-state index contributed by atoms with van der Waals surface area (Å²) in [6.07, 6.45) is 0. The Hall–Kier alpha value is -1.22. The number of rotatable bonds is 5. The summed E-state index contributed by atoms with van der Waals surface area (Å²) < 4.78 is 5.69. The fraction of sp³-hybridized carbons (Fsp3) is 0.538. The SMILES string of the molecule is CC(C)COc1cccc(NC2CNC2)c1. The lowest BCUT2D eigenvalue weighted by Gasteiger charge is -2.29. The zero-order valence-corrected chi connectivity index (χ0v) is 9.99. The second-order valence-electron chi connectivity index (χ2n) is 4.73. The van der Waals surface area contributed by atoms with E-state index in [1.54, 1.807) is 0 Å². The van der Waals surface area contributed by atoms with Crippen molar-refractivity contribution < 1.29 is 4.74 Å². The number of hydrogen-bond donors (Lipinski definition) is 2. The van der Waals surface area contributed by atoms with Crippen molar-refractivity contribution in [3.05, 3.63) is 24.3 Å². The summed E-state index contributed by atoms with van der Waals surface area (Å²) in [5.74, 6) is 1.51. The first-order valence-electron chi connectivity index (χ1n) is 5.94. The summed E-state index contributed by atoms with van der Waals surface area (Å²) in [4.78, 5) is 0. The molecule has 0 saturated carbocycles. The van der Waals surface area contributed by atoms with E-state index in [2.05, 4.69) is 36.6 Å². The molecule has 1 aliphatic rings. The van der Waals surface area contributed by atoms with Crippen LogP contribution in [0.4, 0.5) is 5.69 Å². The van der Waals surface area contributed by atoms with Crippen LogP contribution in [-0.4, -0.2) is 25.7 Å². The van der Waals surface area contributed by atoms with Crippen LogP contribution in [0.3, 0.4) is 0 Å². The lowest BCUT2D eigenvalue weighted by atomic mass is 10.1. The van der Waals surface area contributed by atoms with Gasteiger partial charge in [-0.2, -0.15) is 0 Å². The van der Waals surface area contributed by atoms with E-state index in [1.807, 2.05) is 12.1 Å². The topological polar surface area (TPSA) is 33.3 Å². The molecule has 0 spiro atoms. The van der Waals surface area contributed by atoms with Crippen LogP contribution in [0.1, 0.15) is 13.8 Å². The number of benzene rings is 1. The van der Waals surface area contributed by atoms with Gasteiger partial charge in [-0.3, -0.25) is 0 Å². The summed E-state index contributed by atoms with van der Waals surface area (Å²) in [7, 11) is 0. The van der Waals surface area contributed by atoms with Crippen LogP contribution in [-0.2, 0) is 0 Å². The Morgan fingerprint density at radius 2 is 2.25 bits per heavy atom. The molecule has 0 radical (unpaired) electrons. The first-order chi connectivity index (χ1) is 7.74. The monoisotopic (exact) mass is 220 g/mol. The second-order valence-corrected chi connectivity index (χ2v) is 4.73. The fourth-order valence-corrected chi connectivity index (χ4v) is 1.56. The average molecular weight is 220 g/mol. The molecule has 0 atom stereocenters. The Bertz CT molecular complexity index is 334. The van der Waals surface area contributed by atoms with Crippen LogP contribution in [0.15, 0.2) is 24.3 Å². The largest absolute Gasteiger partial charge is 0.493 e. The molecule has 1 heterocycles. The van der Waals surface area contributed by atoms with Crippen LogP contribution < -0.4 is 15.4 Å². The van der Waals surface area contributed by atoms with Crippen molar-refractivity contribution in [2.24, 2.45) is 5.92 Å². The molecule has 0 aliphatic carbocycles. The normalized spacial score (nSPS) is 15.9. The van der Waals surface area contributed by atoms with Crippen molar-refractivity contribution in [3.8, 4) is 5.75 Å². The average Bonchev–Trinajstić information content (AvgIpc) is 2.21. The van der Waals surface area contributed by atoms with Gasteiger partial charge in [0.15, 0.2) is 0 Å². The minimum Gasteiger partial charge on any atom is -0.493 e. The molecule has 2 rings (SSSR count). The smallest absolute Gasteiger partial charge is 0.121 e. The Morgan fingerprint density at radius 3 is 2.88 bits per heavy atom. The van der Waals surface area contributed by atoms with Gasteiger partial charge in [-0.1, -0.05) is 19.9 Å². The van der Waals surface area contributed by atoms with E-state index in [9.17, 15) is 0 Å². The summed E-state index contributed by atoms with van der Waals surface area (Å²) >= 11 is 0. The molecule has 1 aliphatic heterocycles. The maximum atomic E-state index is 5.69. The Labute approximate surface area is 97.2 Å². The Morgan fingerprint density at radius 1 is 1.44 bits per heavy atom. The highest BCUT2D eigenvalue weighted by Crippen LogP contribution is 2.19. The van der Waals surface area contributed by atoms with Crippen LogP contribution in [0, 0.1) is 5.92 Å². The van der Waals surface area contributed by atoms with Gasteiger partial charge in [-0.05, 0) is 18.1 Å². The predicted octanol–water partition coefficient (Wildman–Crippen LogP) is 2.11. The van der Waals surface area contributed by atoms with Gasteiger partial charge in [0.25, 0.3) is 0 Å². The molecule has 1 aromatic carbocycles. The van der Waals surface area contributed by atoms with Gasteiger partial charge in [-0.15, -0.1) is 0 Å². The molecular formula is C13H20N2O. The van der Waals surface area contributed by atoms with Gasteiger partial charge in [0.1, 0.15) is 5.75 Å². The number of anilines is 1. The molecule has 3 nitrogen and oxygen atoms in total. The van der Waals surface area contributed by atoms with E-state index in [0.29, 0.717) is 12.0 Å². The minimum atomic E-state index is 0.562. The van der Waals surface area contributed by atoms with Crippen molar-refractivity contribution in [2.45, 2.75) is 19.9 Å². The van der Waals surface area contributed by atoms with E-state index in [4.69, 9.17) is 4.74 Å². The van der Waals surface area contributed by atoms with E-state index >= 15 is 0 Å². The Balaban J connectivity index is 1.90. The second kappa shape index (κ2) is 5.21. The maximum Gasteiger partial charge on any atom is 0.121 e. The minimum absolute atomic E-state index is 0.562. The van der Waals surface area contributed by atoms with Gasteiger partial charge in [0.2, 0.25) is 0 Å². The van der Waals surface area contributed by atoms with Gasteiger partial charge in [-0.25, -0.2) is 0 Å². The molecule has 1 fully saturated rings. The summed E-state index contributed by atoms with van der Waals surface area (Å²) in [6, 6.07) is 8.76. The van der Waals surface area contributed by atoms with Gasteiger partial charge < -0.3 is 15.4 Å². The lowest BCUT2D eigenvalue weighted by Crippen LogP contribution is -2.51. The van der Waals surface area contributed by atoms with Crippen LogP contribution >= 0.6 is 0 Å². The molecule has 0 aromatic heterocycles. The van der Waals surface area contributed by atoms with Crippen molar-refractivity contribution in [1.82, 2.24) is 5.32 Å². The molecule has 0 unspecified atom stereocenters. The van der Waals surface area contributed by atoms with Crippen LogP contribution in [0.2, 0.25) is 0 Å². The van der Waals surface area contributed by atoms with E-state index < -0.39 is 0 Å². The molecule has 1 aromatic rings. The molecule has 1 saturated heterocycles. The van der Waals surface area contributed by atoms with E-state index in [1.165, 1.54) is 0 Å². The molecule has 88 valence electrons. The zero-order chi connectivity index (χ0) is 11.4. The number of hydrogen-bond acceptors (Lipinski definition) is 3. The fourth-order valence-electron chi connectivity index (χ4n) is 1.56. The van der Waals surface area contributed by atoms with Crippen LogP contribution in [0.5, 0.6) is 5.75 Å². The molecule has 0 amide bonds. The summed E-state index contributed by atoms with van der Waals surface area (Å²) in [5.41, 5.74) is 1.15. The van der Waals surface area contributed by atoms with Crippen molar-refractivity contribution in [2.75, 3.05) is 25.0 Å². The molecule has 0 bridgehead atoms. The molecule has 3 heteroatoms. The van der Waals surface area contributed by atoms with E-state index in [0.717, 1.165) is 31.1 Å². The zero-order valence-electron chi connectivity index (χ0n) is 9.99. The molecule has 16 heavy (non-hydrogen) atoms. The van der Waals surface area contributed by atoms with Gasteiger partial charge in [0, 0.05) is 24.8 Å². The summed E-state index contributed by atoms with van der Waals surface area (Å²) in [5, 5.41) is 6.71. The van der Waals surface area contributed by atoms with Gasteiger partial charge in [0.05, 0.1) is 12.6 Å². The van der Waals surface area contributed by atoms with Crippen LogP contribution in [0.25, 0.3) is 0 Å². The molecular weight excluding hydrogens is 200 g/mol. The third-order valence-corrected chi connectivity index (χ3v) is 2.57. The lowest BCUT2D eigenvalue weighted by molar-refractivity contribution is 0.271. The van der Waals surface area contributed by atoms with Crippen molar-refractivity contribution in [3.63, 3.8) is 0 Å². The maximum absolute atomic E-state index is 5.69. The van der Waals surface area contributed by atoms with Crippen molar-refractivity contribution >= 4 is 5.69 Å². The highest BCUT2D eigenvalue weighted by atomic mass is 16.5. The van der Waals surface area contributed by atoms with Crippen molar-refractivity contribution in [1.29, 1.82) is 0 Å². The Kier molecular flexibility index (Phi) is 3.67. The highest BCUT2D eigenvalue weighted by Gasteiger charge is 2.15. The third-order valence-electron chi connectivity index (χ3n) is 2.57. The standard InChI is InChI=1S/C13H20N2O/c1-10(2)9-16-13-5-3-4-11(6-13)15-12-7-14-8-12/h3-6,10,12,14-15H,7-9H2,1-2H3. The number of nitrogens with one attached hydrogen (secondary N) is 2. The highest BCUT2D eigenvalue weighted by molar-refractivity contribution is 5.49. The number of ether oxygens (including phenoxy) is 1. The first kappa shape index (κ1) is 11.3. The quantitative estimate of drug-likeness (QED) is 0.797. The first-order valence-corrected chi connectivity index (χ1v) is 5.94. The third kappa shape index (κ3) is 3.14. The summed E-state index contributed by atoms with van der Waals surface area (Å²) in [6.45, 7) is 7.19.